The van der Waals surface area contributed by atoms with Crippen molar-refractivity contribution in [1.29, 1.82) is 0 Å². The van der Waals surface area contributed by atoms with Crippen LogP contribution in [0, 0.1) is 6.92 Å². The van der Waals surface area contributed by atoms with Gasteiger partial charge in [0.1, 0.15) is 5.75 Å². The number of benzene rings is 3. The second kappa shape index (κ2) is 10.9. The average Bonchev–Trinajstić information content (AvgIpc) is 2.79. The molecule has 3 aromatic carbocycles. The van der Waals surface area contributed by atoms with Crippen LogP contribution in [0.5, 0.6) is 5.75 Å². The first kappa shape index (κ1) is 28.1. The number of rotatable bonds is 7. The third kappa shape index (κ3) is 6.46. The Hall–Kier alpha value is -2.44. The quantitative estimate of drug-likeness (QED) is 0.254. The summed E-state index contributed by atoms with van der Waals surface area (Å²) in [7, 11) is 0.503. The normalized spacial score (nSPS) is 14.6. The Bertz CT molecular complexity index is 1210. The first-order chi connectivity index (χ1) is 16.8. The van der Waals surface area contributed by atoms with Gasteiger partial charge >= 0.3 is 0 Å². The summed E-state index contributed by atoms with van der Waals surface area (Å²) in [4.78, 5) is 4.77. The van der Waals surface area contributed by atoms with E-state index in [9.17, 15) is 5.11 Å². The highest BCUT2D eigenvalue weighted by Gasteiger charge is 2.34. The van der Waals surface area contributed by atoms with Gasteiger partial charge in [0, 0.05) is 22.5 Å². The van der Waals surface area contributed by atoms with Crippen LogP contribution in [0.2, 0.25) is 0 Å². The fraction of sp³-hybridized carbons (Fsp3) is 0.424. The van der Waals surface area contributed by atoms with Gasteiger partial charge in [-0.25, -0.2) is 0 Å². The predicted molar refractivity (Wildman–Crippen MR) is 161 cm³/mol. The van der Waals surface area contributed by atoms with Crippen molar-refractivity contribution in [2.45, 2.75) is 91.1 Å². The second-order valence-electron chi connectivity index (χ2n) is 12.3. The summed E-state index contributed by atoms with van der Waals surface area (Å²) in [6.07, 6.45) is 4.05. The fourth-order valence-corrected chi connectivity index (χ4v) is 6.55. The molecule has 0 heterocycles. The van der Waals surface area contributed by atoms with Gasteiger partial charge in [-0.1, -0.05) is 119 Å². The summed E-state index contributed by atoms with van der Waals surface area (Å²) in [6, 6.07) is 21.1. The van der Waals surface area contributed by atoms with Crippen LogP contribution in [-0.4, -0.2) is 11.3 Å². The highest BCUT2D eigenvalue weighted by atomic mass is 31.1. The van der Waals surface area contributed by atoms with Crippen molar-refractivity contribution in [2.75, 3.05) is 0 Å². The van der Waals surface area contributed by atoms with Gasteiger partial charge in [-0.15, -0.1) is 0 Å². The second-order valence-corrected chi connectivity index (χ2v) is 14.1. The lowest BCUT2D eigenvalue weighted by molar-refractivity contribution is 0.426. The lowest BCUT2D eigenvalue weighted by atomic mass is 9.77. The van der Waals surface area contributed by atoms with Crippen LogP contribution in [0.1, 0.15) is 96.0 Å². The van der Waals surface area contributed by atoms with E-state index < -0.39 is 0 Å². The van der Waals surface area contributed by atoms with E-state index in [0.29, 0.717) is 14.3 Å². The number of aromatic hydroxyl groups is 1. The Morgan fingerprint density at radius 1 is 0.833 bits per heavy atom. The van der Waals surface area contributed by atoms with Gasteiger partial charge in [-0.05, 0) is 58.3 Å². The Morgan fingerprint density at radius 3 is 2.06 bits per heavy atom. The van der Waals surface area contributed by atoms with Crippen molar-refractivity contribution in [2.24, 2.45) is 4.99 Å². The van der Waals surface area contributed by atoms with E-state index in [-0.39, 0.29) is 16.0 Å². The molecule has 2 nitrogen and oxygen atoms in total. The summed E-state index contributed by atoms with van der Waals surface area (Å²) in [5, 5.41) is 12.9. The van der Waals surface area contributed by atoms with E-state index in [1.54, 1.807) is 0 Å². The van der Waals surface area contributed by atoms with Gasteiger partial charge in [0.15, 0.2) is 0 Å². The number of hydrogen-bond donors (Lipinski definition) is 1. The minimum atomic E-state index is -0.193. The largest absolute Gasteiger partial charge is 0.507 e. The molecule has 0 aromatic heterocycles. The number of aliphatic imine (C=N–C) groups is 1. The molecule has 3 heteroatoms. The zero-order valence-corrected chi connectivity index (χ0v) is 24.7. The zero-order valence-electron chi connectivity index (χ0n) is 23.7. The molecule has 36 heavy (non-hydrogen) atoms. The van der Waals surface area contributed by atoms with Gasteiger partial charge in [0.05, 0.1) is 5.69 Å². The van der Waals surface area contributed by atoms with Crippen LogP contribution < -0.4 is 5.30 Å². The molecule has 3 aromatic rings. The number of nitrogens with zero attached hydrogens (tertiary/aromatic N) is 1. The molecule has 0 radical (unpaired) electrons. The lowest BCUT2D eigenvalue weighted by Crippen LogP contribution is -2.25. The molecular weight excluding hydrogens is 457 g/mol. The van der Waals surface area contributed by atoms with Crippen LogP contribution in [-0.2, 0) is 16.0 Å². The Morgan fingerprint density at radius 2 is 1.47 bits per heavy atom. The van der Waals surface area contributed by atoms with Crippen molar-refractivity contribution < 1.29 is 5.11 Å². The van der Waals surface area contributed by atoms with Gasteiger partial charge in [-0.3, -0.25) is 4.99 Å². The molecule has 3 rings (SSSR count). The summed E-state index contributed by atoms with van der Waals surface area (Å²) < 4.78 is 0. The van der Waals surface area contributed by atoms with Crippen molar-refractivity contribution in [1.82, 2.24) is 0 Å². The van der Waals surface area contributed by atoms with E-state index in [0.717, 1.165) is 35.2 Å². The standard InChI is InChI=1S/C33H44NOP/c1-10-19-33(9,28-21-25(31(3,4)5)20-27(29(28)35)32(6,7)8)36-30-23(2)15-14-16-24(30)22-34-26-17-12-11-13-18-26/h11-18,20-22,35-36H,10,19H2,1-9H3/b34-22+. The summed E-state index contributed by atoms with van der Waals surface area (Å²) >= 11 is 0. The number of phenols is 1. The zero-order chi connectivity index (χ0) is 26.7. The molecule has 0 aliphatic carbocycles. The minimum Gasteiger partial charge on any atom is -0.507 e. The molecule has 0 aliphatic heterocycles. The molecular formula is C33H44NOP. The highest BCUT2D eigenvalue weighted by molar-refractivity contribution is 7.49. The molecule has 0 bridgehead atoms. The first-order valence-electron chi connectivity index (χ1n) is 13.1. The van der Waals surface area contributed by atoms with Gasteiger partial charge < -0.3 is 5.11 Å². The molecule has 2 unspecified atom stereocenters. The van der Waals surface area contributed by atoms with Crippen LogP contribution in [0.15, 0.2) is 65.7 Å². The maximum atomic E-state index is 11.7. The lowest BCUT2D eigenvalue weighted by Gasteiger charge is -2.36. The van der Waals surface area contributed by atoms with E-state index >= 15 is 0 Å². The first-order valence-corrected chi connectivity index (χ1v) is 14.1. The van der Waals surface area contributed by atoms with Crippen molar-refractivity contribution in [3.05, 3.63) is 88.5 Å². The third-order valence-electron chi connectivity index (χ3n) is 6.94. The van der Waals surface area contributed by atoms with Crippen LogP contribution in [0.25, 0.3) is 0 Å². The Kier molecular flexibility index (Phi) is 8.51. The van der Waals surface area contributed by atoms with E-state index in [2.05, 4.69) is 92.6 Å². The third-order valence-corrected chi connectivity index (χ3v) is 8.95. The number of para-hydroxylation sites is 1. The monoisotopic (exact) mass is 501 g/mol. The summed E-state index contributed by atoms with van der Waals surface area (Å²) in [6.45, 7) is 20.1. The van der Waals surface area contributed by atoms with E-state index in [4.69, 9.17) is 4.99 Å². The van der Waals surface area contributed by atoms with Crippen molar-refractivity contribution >= 4 is 25.8 Å². The predicted octanol–water partition coefficient (Wildman–Crippen LogP) is 9.07. The number of aryl methyl sites for hydroxylation is 1. The summed E-state index contributed by atoms with van der Waals surface area (Å²) in [5.74, 6) is 0.465. The number of phenolic OH excluding ortho intramolecular Hbond substituents is 1. The Labute approximate surface area is 221 Å². The number of hydrogen-bond acceptors (Lipinski definition) is 2. The van der Waals surface area contributed by atoms with Crippen molar-refractivity contribution in [3.63, 3.8) is 0 Å². The Balaban J connectivity index is 2.18. The molecule has 0 saturated heterocycles. The topological polar surface area (TPSA) is 32.6 Å². The van der Waals surface area contributed by atoms with Gasteiger partial charge in [0.25, 0.3) is 0 Å². The van der Waals surface area contributed by atoms with Crippen LogP contribution >= 0.6 is 8.58 Å². The molecule has 1 N–H and O–H groups in total. The molecule has 0 aliphatic rings. The summed E-state index contributed by atoms with van der Waals surface area (Å²) in [5.41, 5.74) is 6.62. The van der Waals surface area contributed by atoms with Crippen LogP contribution in [0.3, 0.4) is 0 Å². The molecule has 0 spiro atoms. The van der Waals surface area contributed by atoms with Crippen molar-refractivity contribution in [3.8, 4) is 5.75 Å². The minimum absolute atomic E-state index is 0.00511. The smallest absolute Gasteiger partial charge is 0.123 e. The van der Waals surface area contributed by atoms with Crippen LogP contribution in [0.4, 0.5) is 5.69 Å². The maximum Gasteiger partial charge on any atom is 0.123 e. The van der Waals surface area contributed by atoms with E-state index in [1.165, 1.54) is 16.4 Å². The van der Waals surface area contributed by atoms with Gasteiger partial charge in [0.2, 0.25) is 0 Å². The molecule has 192 valence electrons. The molecule has 0 amide bonds. The average molecular weight is 502 g/mol. The van der Waals surface area contributed by atoms with Gasteiger partial charge in [-0.2, -0.15) is 0 Å². The maximum absolute atomic E-state index is 11.7. The highest BCUT2D eigenvalue weighted by Crippen LogP contribution is 2.51. The molecule has 0 fully saturated rings. The fourth-order valence-electron chi connectivity index (χ4n) is 4.73. The molecule has 2 atom stereocenters. The van der Waals surface area contributed by atoms with E-state index in [1.807, 2.05) is 36.5 Å². The SMILES string of the molecule is CCCC(C)(Pc1c(C)cccc1/C=N/c1ccccc1)c1cc(C(C)(C)C)cc(C(C)(C)C)c1O. The molecule has 0 saturated carbocycles.